The standard InChI is InChI=1S/C27H41N7O10/c1-12(31-26(42)20(14(3)35)33-24(40)17(28)11-19(29)37)22(38)30-13(2)23(39)32-18(10-16-8-6-5-7-9-16)25(41)34-21(15(4)36)27(43)44/h5-9,12-15,17-18,20-21,35-36H,10-11,28H2,1-4H3,(H2,29,37)(H,30,38)(H,31,42)(H,32,39)(H,33,40)(H,34,41)(H,43,44)/t12-,13-,14+,15+,17-,18-,20-,21-/m0/s1. The van der Waals surface area contributed by atoms with Gasteiger partial charge < -0.3 is 53.4 Å². The highest BCUT2D eigenvalue weighted by molar-refractivity contribution is 5.96. The summed E-state index contributed by atoms with van der Waals surface area (Å²) in [7, 11) is 0. The quantitative estimate of drug-likeness (QED) is 0.0792. The summed E-state index contributed by atoms with van der Waals surface area (Å²) in [6.07, 6.45) is -3.42. The van der Waals surface area contributed by atoms with Gasteiger partial charge >= 0.3 is 5.97 Å². The molecule has 8 atom stereocenters. The first-order valence-electron chi connectivity index (χ1n) is 13.6. The number of nitrogens with two attached hydrogens (primary N) is 2. The van der Waals surface area contributed by atoms with Crippen molar-refractivity contribution in [1.29, 1.82) is 0 Å². The Hall–Kier alpha value is -4.61. The largest absolute Gasteiger partial charge is 0.480 e. The van der Waals surface area contributed by atoms with Crippen molar-refractivity contribution in [3.05, 3.63) is 35.9 Å². The maximum atomic E-state index is 13.0. The van der Waals surface area contributed by atoms with Crippen LogP contribution < -0.4 is 38.1 Å². The lowest BCUT2D eigenvalue weighted by molar-refractivity contribution is -0.145. The van der Waals surface area contributed by atoms with Gasteiger partial charge in [-0.3, -0.25) is 28.8 Å². The van der Waals surface area contributed by atoms with Gasteiger partial charge in [0.25, 0.3) is 0 Å². The number of hydrogen-bond donors (Lipinski definition) is 10. The van der Waals surface area contributed by atoms with Gasteiger partial charge in [-0.25, -0.2) is 4.79 Å². The van der Waals surface area contributed by atoms with E-state index in [1.165, 1.54) is 27.7 Å². The summed E-state index contributed by atoms with van der Waals surface area (Å²) in [6.45, 7) is 4.94. The summed E-state index contributed by atoms with van der Waals surface area (Å²) >= 11 is 0. The monoisotopic (exact) mass is 623 g/mol. The number of carbonyl (C=O) groups is 7. The minimum Gasteiger partial charge on any atom is -0.480 e. The van der Waals surface area contributed by atoms with Crippen molar-refractivity contribution in [2.24, 2.45) is 11.5 Å². The number of carbonyl (C=O) groups excluding carboxylic acids is 6. The summed E-state index contributed by atoms with van der Waals surface area (Å²) < 4.78 is 0. The average molecular weight is 624 g/mol. The third kappa shape index (κ3) is 12.3. The summed E-state index contributed by atoms with van der Waals surface area (Å²) in [5.41, 5.74) is 11.2. The Bertz CT molecular complexity index is 1190. The normalized spacial score (nSPS) is 16.3. The SMILES string of the molecule is C[C@H](NC(=O)[C@H](C)NC(=O)[C@@H](NC(=O)[C@@H](N)CC(N)=O)[C@@H](C)O)C(=O)N[C@@H](Cc1ccccc1)C(=O)N[C@H](C(=O)O)[C@@H](C)O. The van der Waals surface area contributed by atoms with Crippen LogP contribution in [0.1, 0.15) is 39.7 Å². The molecule has 17 nitrogen and oxygen atoms in total. The van der Waals surface area contributed by atoms with E-state index in [1.807, 2.05) is 0 Å². The molecule has 1 rings (SSSR count). The van der Waals surface area contributed by atoms with E-state index >= 15 is 0 Å². The van der Waals surface area contributed by atoms with Crippen LogP contribution in [0.4, 0.5) is 0 Å². The molecule has 0 aliphatic carbocycles. The van der Waals surface area contributed by atoms with E-state index in [0.717, 1.165) is 0 Å². The molecular formula is C27H41N7O10. The average Bonchev–Trinajstić information content (AvgIpc) is 2.93. The van der Waals surface area contributed by atoms with Crippen LogP contribution in [0, 0.1) is 0 Å². The predicted molar refractivity (Wildman–Crippen MR) is 154 cm³/mol. The summed E-state index contributed by atoms with van der Waals surface area (Å²) in [5.74, 6) is -6.81. The molecule has 0 aromatic heterocycles. The smallest absolute Gasteiger partial charge is 0.328 e. The van der Waals surface area contributed by atoms with E-state index in [9.17, 15) is 48.9 Å². The van der Waals surface area contributed by atoms with E-state index < -0.39 is 96.3 Å². The van der Waals surface area contributed by atoms with E-state index in [0.29, 0.717) is 5.56 Å². The zero-order valence-corrected chi connectivity index (χ0v) is 24.8. The molecule has 44 heavy (non-hydrogen) atoms. The Morgan fingerprint density at radius 1 is 0.682 bits per heavy atom. The second-order valence-corrected chi connectivity index (χ2v) is 10.3. The highest BCUT2D eigenvalue weighted by Gasteiger charge is 2.33. The number of benzene rings is 1. The number of primary amides is 1. The van der Waals surface area contributed by atoms with Crippen molar-refractivity contribution in [3.63, 3.8) is 0 Å². The molecule has 0 saturated carbocycles. The van der Waals surface area contributed by atoms with Gasteiger partial charge in [0.1, 0.15) is 24.2 Å². The van der Waals surface area contributed by atoms with Crippen molar-refractivity contribution in [2.45, 2.75) is 89.0 Å². The van der Waals surface area contributed by atoms with Gasteiger partial charge in [-0.05, 0) is 33.3 Å². The van der Waals surface area contributed by atoms with Crippen LogP contribution in [0.25, 0.3) is 0 Å². The van der Waals surface area contributed by atoms with Crippen molar-refractivity contribution >= 4 is 41.4 Å². The Morgan fingerprint density at radius 2 is 1.16 bits per heavy atom. The fourth-order valence-corrected chi connectivity index (χ4v) is 3.75. The van der Waals surface area contributed by atoms with Crippen LogP contribution in [-0.2, 0) is 40.0 Å². The summed E-state index contributed by atoms with van der Waals surface area (Å²) in [6, 6.07) is 0.0970. The molecule has 0 fully saturated rings. The number of aliphatic hydroxyl groups is 2. The molecule has 0 bridgehead atoms. The number of nitrogens with one attached hydrogen (secondary N) is 5. The van der Waals surface area contributed by atoms with Gasteiger partial charge in [0.15, 0.2) is 6.04 Å². The van der Waals surface area contributed by atoms with Crippen molar-refractivity contribution in [1.82, 2.24) is 26.6 Å². The molecule has 244 valence electrons. The second-order valence-electron chi connectivity index (χ2n) is 10.3. The first-order chi connectivity index (χ1) is 20.4. The molecule has 1 aromatic carbocycles. The third-order valence-electron chi connectivity index (χ3n) is 6.29. The van der Waals surface area contributed by atoms with Crippen LogP contribution in [0.15, 0.2) is 30.3 Å². The van der Waals surface area contributed by atoms with Gasteiger partial charge in [-0.1, -0.05) is 30.3 Å². The topological polar surface area (TPSA) is 292 Å². The molecule has 0 aliphatic rings. The third-order valence-corrected chi connectivity index (χ3v) is 6.29. The van der Waals surface area contributed by atoms with Gasteiger partial charge in [0, 0.05) is 6.42 Å². The molecule has 0 spiro atoms. The molecular weight excluding hydrogens is 582 g/mol. The van der Waals surface area contributed by atoms with Crippen molar-refractivity contribution in [3.8, 4) is 0 Å². The fourth-order valence-electron chi connectivity index (χ4n) is 3.75. The molecule has 0 heterocycles. The van der Waals surface area contributed by atoms with Gasteiger partial charge in [0.05, 0.1) is 24.7 Å². The number of carboxylic acids is 1. The predicted octanol–water partition coefficient (Wildman–Crippen LogP) is -4.26. The number of carboxylic acid groups (broad SMARTS) is 1. The molecule has 17 heteroatoms. The van der Waals surface area contributed by atoms with Crippen molar-refractivity contribution < 1.29 is 48.9 Å². The zero-order chi connectivity index (χ0) is 33.7. The van der Waals surface area contributed by atoms with Crippen LogP contribution in [-0.4, -0.2) is 105 Å². The lowest BCUT2D eigenvalue weighted by Gasteiger charge is -2.26. The van der Waals surface area contributed by atoms with E-state index in [4.69, 9.17) is 11.5 Å². The number of hydrogen-bond acceptors (Lipinski definition) is 10. The molecule has 1 aromatic rings. The van der Waals surface area contributed by atoms with Crippen LogP contribution in [0.5, 0.6) is 0 Å². The van der Waals surface area contributed by atoms with Gasteiger partial charge in [-0.2, -0.15) is 0 Å². The molecule has 0 aliphatic heterocycles. The van der Waals surface area contributed by atoms with Gasteiger partial charge in [-0.15, -0.1) is 0 Å². The number of rotatable bonds is 17. The first kappa shape index (κ1) is 37.4. The number of amides is 6. The van der Waals surface area contributed by atoms with E-state index in [1.54, 1.807) is 30.3 Å². The molecule has 12 N–H and O–H groups in total. The Labute approximate surface area is 253 Å². The Kier molecular flexibility index (Phi) is 14.9. The van der Waals surface area contributed by atoms with E-state index in [-0.39, 0.29) is 6.42 Å². The maximum Gasteiger partial charge on any atom is 0.328 e. The van der Waals surface area contributed by atoms with Crippen molar-refractivity contribution in [2.75, 3.05) is 0 Å². The molecule has 0 radical (unpaired) electrons. The first-order valence-corrected chi connectivity index (χ1v) is 13.6. The zero-order valence-electron chi connectivity index (χ0n) is 24.8. The van der Waals surface area contributed by atoms with Gasteiger partial charge in [0.2, 0.25) is 35.4 Å². The minimum absolute atomic E-state index is 0.0484. The Morgan fingerprint density at radius 3 is 1.64 bits per heavy atom. The lowest BCUT2D eigenvalue weighted by Crippen LogP contribution is -2.60. The number of aliphatic carboxylic acids is 1. The van der Waals surface area contributed by atoms with Crippen LogP contribution >= 0.6 is 0 Å². The number of aliphatic hydroxyl groups excluding tert-OH is 2. The molecule has 6 amide bonds. The highest BCUT2D eigenvalue weighted by Crippen LogP contribution is 2.06. The Balaban J connectivity index is 2.91. The summed E-state index contributed by atoms with van der Waals surface area (Å²) in [5, 5.41) is 40.5. The van der Waals surface area contributed by atoms with E-state index in [2.05, 4.69) is 26.6 Å². The van der Waals surface area contributed by atoms with Crippen LogP contribution in [0.2, 0.25) is 0 Å². The minimum atomic E-state index is -1.64. The maximum absolute atomic E-state index is 13.0. The fraction of sp³-hybridized carbons (Fsp3) is 0.519. The lowest BCUT2D eigenvalue weighted by atomic mass is 10.0. The molecule has 0 unspecified atom stereocenters. The molecule has 0 saturated heterocycles. The highest BCUT2D eigenvalue weighted by atomic mass is 16.4. The second kappa shape index (κ2) is 17.5. The summed E-state index contributed by atoms with van der Waals surface area (Å²) in [4.78, 5) is 86.0. The van der Waals surface area contributed by atoms with Crippen LogP contribution in [0.3, 0.4) is 0 Å².